The summed E-state index contributed by atoms with van der Waals surface area (Å²) >= 11 is 0. The summed E-state index contributed by atoms with van der Waals surface area (Å²) in [6.07, 6.45) is 4.96. The summed E-state index contributed by atoms with van der Waals surface area (Å²) in [5.74, 6) is -0.525. The molecule has 0 unspecified atom stereocenters. The van der Waals surface area contributed by atoms with E-state index in [4.69, 9.17) is 14.7 Å². The van der Waals surface area contributed by atoms with E-state index in [0.29, 0.717) is 48.0 Å². The fourth-order valence-corrected chi connectivity index (χ4v) is 5.69. The highest BCUT2D eigenvalue weighted by Gasteiger charge is 2.25. The van der Waals surface area contributed by atoms with Crippen LogP contribution < -0.4 is 9.47 Å². The molecule has 46 heavy (non-hydrogen) atoms. The van der Waals surface area contributed by atoms with Crippen LogP contribution in [0, 0.1) is 23.0 Å². The minimum Gasteiger partial charge on any atom is -0.490 e. The number of rotatable bonds is 11. The SMILES string of the molecule is CCn1cncc1Cn1c(CN2CCC(Oc3cccc(OCc4ccc(C#N)cc4F)c3)CC2)nc2c(F)cc(C(=O)O)cc21. The highest BCUT2D eigenvalue weighted by molar-refractivity contribution is 5.92. The summed E-state index contributed by atoms with van der Waals surface area (Å²) in [7, 11) is 0. The molecule has 10 nitrogen and oxygen atoms in total. The Morgan fingerprint density at radius 3 is 2.61 bits per heavy atom. The Morgan fingerprint density at radius 1 is 1.07 bits per heavy atom. The summed E-state index contributed by atoms with van der Waals surface area (Å²) < 4.78 is 45.2. The second-order valence-corrected chi connectivity index (χ2v) is 11.2. The zero-order chi connectivity index (χ0) is 32.2. The number of ether oxygens (including phenoxy) is 2. The molecule has 3 heterocycles. The van der Waals surface area contributed by atoms with Crippen LogP contribution >= 0.6 is 0 Å². The number of carboxylic acid groups (broad SMARTS) is 1. The largest absolute Gasteiger partial charge is 0.490 e. The number of aryl methyl sites for hydroxylation is 1. The van der Waals surface area contributed by atoms with Gasteiger partial charge in [0.05, 0.1) is 47.8 Å². The number of aromatic nitrogens is 4. The second-order valence-electron chi connectivity index (χ2n) is 11.2. The molecule has 236 valence electrons. The van der Waals surface area contributed by atoms with E-state index in [1.807, 2.05) is 34.3 Å². The first kappa shape index (κ1) is 30.7. The molecule has 0 amide bonds. The van der Waals surface area contributed by atoms with Gasteiger partial charge in [-0.1, -0.05) is 12.1 Å². The van der Waals surface area contributed by atoms with Gasteiger partial charge in [-0.15, -0.1) is 0 Å². The number of benzene rings is 3. The van der Waals surface area contributed by atoms with Crippen LogP contribution in [0.2, 0.25) is 0 Å². The third kappa shape index (κ3) is 6.69. The van der Waals surface area contributed by atoms with E-state index >= 15 is 4.39 Å². The van der Waals surface area contributed by atoms with Gasteiger partial charge >= 0.3 is 5.97 Å². The van der Waals surface area contributed by atoms with E-state index in [1.54, 1.807) is 36.8 Å². The Kier molecular flexibility index (Phi) is 8.94. The average molecular weight is 627 g/mol. The molecule has 0 radical (unpaired) electrons. The van der Waals surface area contributed by atoms with Crippen LogP contribution in [0.25, 0.3) is 11.0 Å². The van der Waals surface area contributed by atoms with Crippen LogP contribution in [-0.2, 0) is 26.2 Å². The number of likely N-dealkylation sites (tertiary alicyclic amines) is 1. The molecule has 6 rings (SSSR count). The standard InChI is InChI=1S/C34H32F2N6O4/c1-2-41-21-38-17-25(41)18-42-31-14-24(34(43)44)13-30(36)33(31)39-32(42)19-40-10-8-26(9-11-40)46-28-5-3-4-27(15-28)45-20-23-7-6-22(16-37)12-29(23)35/h3-7,12-15,17,21,26H,2,8-11,18-20H2,1H3,(H,43,44). The molecule has 1 aliphatic rings. The molecule has 5 aromatic rings. The number of fused-ring (bicyclic) bond motifs is 1. The van der Waals surface area contributed by atoms with Gasteiger partial charge in [0.25, 0.3) is 0 Å². The van der Waals surface area contributed by atoms with Crippen LogP contribution in [0.15, 0.2) is 67.1 Å². The fraction of sp³-hybridized carbons (Fsp3) is 0.294. The van der Waals surface area contributed by atoms with E-state index in [-0.39, 0.29) is 29.4 Å². The van der Waals surface area contributed by atoms with Crippen molar-refractivity contribution in [3.63, 3.8) is 0 Å². The molecule has 0 aliphatic carbocycles. The van der Waals surface area contributed by atoms with Crippen molar-refractivity contribution in [3.8, 4) is 17.6 Å². The third-order valence-electron chi connectivity index (χ3n) is 8.18. The molecular weight excluding hydrogens is 594 g/mol. The number of hydrogen-bond donors (Lipinski definition) is 1. The first-order chi connectivity index (χ1) is 22.3. The maximum absolute atomic E-state index is 15.0. The molecular formula is C34H32F2N6O4. The number of nitriles is 1. The van der Waals surface area contributed by atoms with E-state index in [2.05, 4.69) is 14.9 Å². The second kappa shape index (κ2) is 13.4. The van der Waals surface area contributed by atoms with Gasteiger partial charge < -0.3 is 23.7 Å². The zero-order valence-corrected chi connectivity index (χ0v) is 25.2. The predicted molar refractivity (Wildman–Crippen MR) is 164 cm³/mol. The normalized spacial score (nSPS) is 14.0. The number of aromatic carboxylic acids is 1. The number of piperidine rings is 1. The maximum atomic E-state index is 15.0. The van der Waals surface area contributed by atoms with E-state index < -0.39 is 17.6 Å². The Morgan fingerprint density at radius 2 is 1.87 bits per heavy atom. The Labute approximate surface area is 264 Å². The Hall–Kier alpha value is -5.28. The zero-order valence-electron chi connectivity index (χ0n) is 25.2. The summed E-state index contributed by atoms with van der Waals surface area (Å²) in [5.41, 5.74) is 1.96. The third-order valence-corrected chi connectivity index (χ3v) is 8.18. The molecule has 12 heteroatoms. The van der Waals surface area contributed by atoms with Crippen molar-refractivity contribution in [2.75, 3.05) is 13.1 Å². The lowest BCUT2D eigenvalue weighted by Gasteiger charge is -2.32. The van der Waals surface area contributed by atoms with Crippen LogP contribution in [0.4, 0.5) is 8.78 Å². The number of imidazole rings is 2. The number of nitrogens with zero attached hydrogens (tertiary/aromatic N) is 6. The summed E-state index contributed by atoms with van der Waals surface area (Å²) in [5, 5.41) is 18.5. The molecule has 3 aromatic carbocycles. The van der Waals surface area contributed by atoms with Gasteiger partial charge in [0.1, 0.15) is 41.4 Å². The quantitative estimate of drug-likeness (QED) is 0.196. The number of carboxylic acids is 1. The van der Waals surface area contributed by atoms with Crippen molar-refractivity contribution in [1.29, 1.82) is 5.26 Å². The van der Waals surface area contributed by atoms with Crippen LogP contribution in [0.5, 0.6) is 11.5 Å². The Bertz CT molecular complexity index is 1920. The molecule has 0 atom stereocenters. The first-order valence-electron chi connectivity index (χ1n) is 15.0. The molecule has 1 fully saturated rings. The van der Waals surface area contributed by atoms with Crippen molar-refractivity contribution in [2.45, 2.75) is 52.1 Å². The highest BCUT2D eigenvalue weighted by atomic mass is 19.1. The van der Waals surface area contributed by atoms with Crippen molar-refractivity contribution in [2.24, 2.45) is 0 Å². The predicted octanol–water partition coefficient (Wildman–Crippen LogP) is 5.77. The van der Waals surface area contributed by atoms with Crippen molar-refractivity contribution in [1.82, 2.24) is 24.0 Å². The van der Waals surface area contributed by atoms with Gasteiger partial charge in [0, 0.05) is 37.5 Å². The van der Waals surface area contributed by atoms with Crippen molar-refractivity contribution < 1.29 is 28.2 Å². The monoisotopic (exact) mass is 626 g/mol. The highest BCUT2D eigenvalue weighted by Crippen LogP contribution is 2.27. The molecule has 1 N–H and O–H groups in total. The van der Waals surface area contributed by atoms with Crippen molar-refractivity contribution in [3.05, 3.63) is 107 Å². The molecule has 1 aliphatic heterocycles. The van der Waals surface area contributed by atoms with Crippen LogP contribution in [-0.4, -0.2) is 54.3 Å². The van der Waals surface area contributed by atoms with E-state index in [1.165, 1.54) is 12.1 Å². The summed E-state index contributed by atoms with van der Waals surface area (Å²) in [6, 6.07) is 15.9. The summed E-state index contributed by atoms with van der Waals surface area (Å²) in [6.45, 7) is 5.01. The number of carbonyl (C=O) groups is 1. The van der Waals surface area contributed by atoms with Gasteiger partial charge in [-0.2, -0.15) is 5.26 Å². The first-order valence-corrected chi connectivity index (χ1v) is 15.0. The minimum absolute atomic E-state index is 0.0203. The lowest BCUT2D eigenvalue weighted by atomic mass is 10.1. The number of hydrogen-bond acceptors (Lipinski definition) is 7. The molecule has 0 spiro atoms. The van der Waals surface area contributed by atoms with Gasteiger partial charge in [-0.25, -0.2) is 23.5 Å². The molecule has 2 aromatic heterocycles. The van der Waals surface area contributed by atoms with Gasteiger partial charge in [0.15, 0.2) is 5.82 Å². The summed E-state index contributed by atoms with van der Waals surface area (Å²) in [4.78, 5) is 22.8. The maximum Gasteiger partial charge on any atom is 0.335 e. The molecule has 0 saturated carbocycles. The smallest absolute Gasteiger partial charge is 0.335 e. The fourth-order valence-electron chi connectivity index (χ4n) is 5.69. The average Bonchev–Trinajstić information content (AvgIpc) is 3.66. The van der Waals surface area contributed by atoms with Crippen LogP contribution in [0.3, 0.4) is 0 Å². The van der Waals surface area contributed by atoms with E-state index in [9.17, 15) is 14.3 Å². The van der Waals surface area contributed by atoms with E-state index in [0.717, 1.165) is 37.7 Å². The van der Waals surface area contributed by atoms with Gasteiger partial charge in [-0.3, -0.25) is 4.90 Å². The van der Waals surface area contributed by atoms with Crippen LogP contribution in [0.1, 0.15) is 52.8 Å². The van der Waals surface area contributed by atoms with Gasteiger partial charge in [-0.05, 0) is 56.2 Å². The number of halogens is 2. The topological polar surface area (TPSA) is 118 Å². The lowest BCUT2D eigenvalue weighted by molar-refractivity contribution is 0.0696. The van der Waals surface area contributed by atoms with Crippen molar-refractivity contribution >= 4 is 17.0 Å². The Balaban J connectivity index is 1.11. The lowest BCUT2D eigenvalue weighted by Crippen LogP contribution is -2.38. The molecule has 1 saturated heterocycles. The minimum atomic E-state index is -1.20. The van der Waals surface area contributed by atoms with Gasteiger partial charge in [0.2, 0.25) is 0 Å². The molecule has 0 bridgehead atoms.